The molecule has 0 saturated carbocycles. The van der Waals surface area contributed by atoms with Crippen LogP contribution in [0.3, 0.4) is 0 Å². The van der Waals surface area contributed by atoms with Crippen molar-refractivity contribution in [3.8, 4) is 0 Å². The highest BCUT2D eigenvalue weighted by molar-refractivity contribution is 7.99. The predicted octanol–water partition coefficient (Wildman–Crippen LogP) is 4.62. The first kappa shape index (κ1) is 22.4. The lowest BCUT2D eigenvalue weighted by Gasteiger charge is -2.09. The number of rotatable bonds is 11. The molecule has 2 heterocycles. The van der Waals surface area contributed by atoms with E-state index in [-0.39, 0.29) is 5.56 Å². The van der Waals surface area contributed by atoms with Crippen molar-refractivity contribution in [2.75, 3.05) is 5.75 Å². The standard InChI is InChI=1S/C23H32N4O2S/c1-4-5-6-7-8-9-10-14-30-23-24-20-19(21(28)25-22(29)26(20)3)27(23)16-18-13-11-12-17(2)15-18/h11-13,15H,4-10,14,16H2,1-3H3,(H,25,28,29). The van der Waals surface area contributed by atoms with Gasteiger partial charge in [-0.25, -0.2) is 9.78 Å². The van der Waals surface area contributed by atoms with Gasteiger partial charge in [0.2, 0.25) is 0 Å². The Balaban J connectivity index is 1.80. The van der Waals surface area contributed by atoms with Gasteiger partial charge >= 0.3 is 5.69 Å². The van der Waals surface area contributed by atoms with Gasteiger partial charge in [-0.2, -0.15) is 0 Å². The van der Waals surface area contributed by atoms with Gasteiger partial charge in [-0.05, 0) is 18.9 Å². The Labute approximate surface area is 181 Å². The zero-order valence-corrected chi connectivity index (χ0v) is 19.1. The zero-order valence-electron chi connectivity index (χ0n) is 18.2. The Bertz CT molecular complexity index is 1100. The summed E-state index contributed by atoms with van der Waals surface area (Å²) < 4.78 is 3.37. The van der Waals surface area contributed by atoms with Gasteiger partial charge < -0.3 is 4.57 Å². The first-order valence-corrected chi connectivity index (χ1v) is 11.9. The SMILES string of the molecule is CCCCCCCCCSc1nc2c(c(=O)[nH]c(=O)n2C)n1Cc1cccc(C)c1. The largest absolute Gasteiger partial charge is 0.329 e. The summed E-state index contributed by atoms with van der Waals surface area (Å²) in [7, 11) is 1.65. The van der Waals surface area contributed by atoms with Gasteiger partial charge in [-0.1, -0.05) is 87.0 Å². The number of aromatic nitrogens is 4. The molecule has 1 aromatic carbocycles. The van der Waals surface area contributed by atoms with E-state index in [4.69, 9.17) is 0 Å². The number of nitrogens with one attached hydrogen (secondary N) is 1. The van der Waals surface area contributed by atoms with Crippen LogP contribution in [0.15, 0.2) is 39.0 Å². The molecular weight excluding hydrogens is 396 g/mol. The fourth-order valence-electron chi connectivity index (χ4n) is 3.69. The van der Waals surface area contributed by atoms with Crippen molar-refractivity contribution in [2.45, 2.75) is 70.5 Å². The number of aryl methyl sites for hydroxylation is 2. The van der Waals surface area contributed by atoms with Gasteiger partial charge in [0.1, 0.15) is 0 Å². The number of unbranched alkanes of at least 4 members (excludes halogenated alkanes) is 6. The van der Waals surface area contributed by atoms with Crippen LogP contribution in [-0.4, -0.2) is 24.9 Å². The third-order valence-electron chi connectivity index (χ3n) is 5.37. The molecule has 6 nitrogen and oxygen atoms in total. The second-order valence-corrected chi connectivity index (χ2v) is 8.99. The Morgan fingerprint density at radius 2 is 1.80 bits per heavy atom. The molecule has 0 aliphatic carbocycles. The molecule has 0 aliphatic rings. The van der Waals surface area contributed by atoms with Crippen molar-refractivity contribution in [1.29, 1.82) is 0 Å². The Morgan fingerprint density at radius 3 is 2.53 bits per heavy atom. The maximum Gasteiger partial charge on any atom is 0.329 e. The molecule has 0 amide bonds. The molecule has 0 unspecified atom stereocenters. The third-order valence-corrected chi connectivity index (χ3v) is 6.44. The lowest BCUT2D eigenvalue weighted by atomic mass is 10.1. The molecule has 30 heavy (non-hydrogen) atoms. The Kier molecular flexibility index (Phi) is 7.96. The second kappa shape index (κ2) is 10.7. The molecule has 7 heteroatoms. The van der Waals surface area contributed by atoms with E-state index >= 15 is 0 Å². The number of fused-ring (bicyclic) bond motifs is 1. The summed E-state index contributed by atoms with van der Waals surface area (Å²) in [6.07, 6.45) is 8.84. The van der Waals surface area contributed by atoms with E-state index in [1.165, 1.54) is 48.7 Å². The molecule has 3 aromatic rings. The highest BCUT2D eigenvalue weighted by Crippen LogP contribution is 2.24. The number of nitrogens with zero attached hydrogens (tertiary/aromatic N) is 3. The Hall–Kier alpha value is -2.28. The minimum absolute atomic E-state index is 0.379. The molecule has 162 valence electrons. The van der Waals surface area contributed by atoms with Gasteiger partial charge in [0.15, 0.2) is 16.3 Å². The van der Waals surface area contributed by atoms with Crippen molar-refractivity contribution in [1.82, 2.24) is 19.1 Å². The first-order valence-electron chi connectivity index (χ1n) is 10.9. The molecule has 0 atom stereocenters. The highest BCUT2D eigenvalue weighted by Gasteiger charge is 2.18. The molecule has 0 fully saturated rings. The van der Waals surface area contributed by atoms with Crippen LogP contribution < -0.4 is 11.2 Å². The molecule has 0 spiro atoms. The number of hydrogen-bond donors (Lipinski definition) is 1. The zero-order chi connectivity index (χ0) is 21.5. The normalized spacial score (nSPS) is 11.4. The molecular formula is C23H32N4O2S. The van der Waals surface area contributed by atoms with Gasteiger partial charge in [0.05, 0.1) is 6.54 Å². The first-order chi connectivity index (χ1) is 14.5. The fraction of sp³-hybridized carbons (Fsp3) is 0.522. The van der Waals surface area contributed by atoms with E-state index in [1.54, 1.807) is 18.8 Å². The summed E-state index contributed by atoms with van der Waals surface area (Å²) in [6, 6.07) is 8.25. The molecule has 0 bridgehead atoms. The highest BCUT2D eigenvalue weighted by atomic mass is 32.2. The minimum Gasteiger partial charge on any atom is -0.309 e. The quantitative estimate of drug-likeness (QED) is 0.357. The summed E-state index contributed by atoms with van der Waals surface area (Å²) in [4.78, 5) is 31.7. The number of benzene rings is 1. The van der Waals surface area contributed by atoms with Crippen LogP contribution in [0.5, 0.6) is 0 Å². The van der Waals surface area contributed by atoms with E-state index < -0.39 is 5.69 Å². The lowest BCUT2D eigenvalue weighted by Crippen LogP contribution is -2.29. The van der Waals surface area contributed by atoms with Gasteiger partial charge in [-0.15, -0.1) is 0 Å². The summed E-state index contributed by atoms with van der Waals surface area (Å²) in [5.41, 5.74) is 2.38. The van der Waals surface area contributed by atoms with Gasteiger partial charge in [0, 0.05) is 12.8 Å². The number of imidazole rings is 1. The summed E-state index contributed by atoms with van der Waals surface area (Å²) in [6.45, 7) is 4.85. The summed E-state index contributed by atoms with van der Waals surface area (Å²) >= 11 is 1.67. The van der Waals surface area contributed by atoms with Crippen molar-refractivity contribution in [2.24, 2.45) is 7.05 Å². The van der Waals surface area contributed by atoms with E-state index in [2.05, 4.69) is 42.0 Å². The van der Waals surface area contributed by atoms with Crippen LogP contribution >= 0.6 is 11.8 Å². The molecule has 0 aliphatic heterocycles. The number of thioether (sulfide) groups is 1. The van der Waals surface area contributed by atoms with E-state index in [0.717, 1.165) is 22.9 Å². The number of H-pyrrole nitrogens is 1. The monoisotopic (exact) mass is 428 g/mol. The van der Waals surface area contributed by atoms with Crippen LogP contribution in [0.1, 0.15) is 63.0 Å². The van der Waals surface area contributed by atoms with Crippen molar-refractivity contribution in [3.63, 3.8) is 0 Å². The van der Waals surface area contributed by atoms with E-state index in [0.29, 0.717) is 17.7 Å². The van der Waals surface area contributed by atoms with Gasteiger partial charge in [-0.3, -0.25) is 14.3 Å². The average Bonchev–Trinajstić information content (AvgIpc) is 3.07. The third kappa shape index (κ3) is 5.45. The molecule has 3 rings (SSSR count). The topological polar surface area (TPSA) is 72.7 Å². The molecule has 0 radical (unpaired) electrons. The van der Waals surface area contributed by atoms with Crippen molar-refractivity contribution >= 4 is 22.9 Å². The maximum absolute atomic E-state index is 12.6. The molecule has 0 saturated heterocycles. The van der Waals surface area contributed by atoms with Gasteiger partial charge in [0.25, 0.3) is 5.56 Å². The summed E-state index contributed by atoms with van der Waals surface area (Å²) in [5.74, 6) is 0.955. The van der Waals surface area contributed by atoms with Crippen LogP contribution in [0.25, 0.3) is 11.2 Å². The lowest BCUT2D eigenvalue weighted by molar-refractivity contribution is 0.603. The van der Waals surface area contributed by atoms with Crippen LogP contribution in [-0.2, 0) is 13.6 Å². The van der Waals surface area contributed by atoms with Crippen LogP contribution in [0.4, 0.5) is 0 Å². The van der Waals surface area contributed by atoms with Crippen LogP contribution in [0, 0.1) is 6.92 Å². The van der Waals surface area contributed by atoms with Crippen molar-refractivity contribution in [3.05, 3.63) is 56.2 Å². The van der Waals surface area contributed by atoms with Crippen LogP contribution in [0.2, 0.25) is 0 Å². The second-order valence-electron chi connectivity index (χ2n) is 7.93. The average molecular weight is 429 g/mol. The minimum atomic E-state index is -0.434. The summed E-state index contributed by atoms with van der Waals surface area (Å²) in [5, 5.41) is 0.796. The predicted molar refractivity (Wildman–Crippen MR) is 125 cm³/mol. The fourth-order valence-corrected chi connectivity index (χ4v) is 4.68. The smallest absolute Gasteiger partial charge is 0.309 e. The Morgan fingerprint density at radius 1 is 1.07 bits per heavy atom. The van der Waals surface area contributed by atoms with E-state index in [9.17, 15) is 9.59 Å². The molecule has 2 aromatic heterocycles. The van der Waals surface area contributed by atoms with E-state index in [1.807, 2.05) is 10.6 Å². The number of aromatic amines is 1. The maximum atomic E-state index is 12.6. The van der Waals surface area contributed by atoms with Crippen molar-refractivity contribution < 1.29 is 0 Å². The molecule has 1 N–H and O–H groups in total. The number of hydrogen-bond acceptors (Lipinski definition) is 4.